The average molecular weight is 334 g/mol. The largest absolute Gasteiger partial charge is 0.467 e. The molecule has 0 fully saturated rings. The summed E-state index contributed by atoms with van der Waals surface area (Å²) in [7, 11) is 0. The summed E-state index contributed by atoms with van der Waals surface area (Å²) in [5.41, 5.74) is 2.63. The van der Waals surface area contributed by atoms with Crippen LogP contribution in [-0.4, -0.2) is 15.1 Å². The number of pyridine rings is 2. The topological polar surface area (TPSA) is 63.0 Å². The highest BCUT2D eigenvalue weighted by molar-refractivity contribution is 7.80. The summed E-state index contributed by atoms with van der Waals surface area (Å²) in [5.74, 6) is 0.827. The number of furan rings is 1. The van der Waals surface area contributed by atoms with Crippen molar-refractivity contribution < 1.29 is 4.42 Å². The van der Waals surface area contributed by atoms with Gasteiger partial charge in [-0.25, -0.2) is 0 Å². The zero-order chi connectivity index (χ0) is 16.4. The maximum atomic E-state index is 5.39. The summed E-state index contributed by atoms with van der Waals surface area (Å²) in [4.78, 5) is 8.93. The lowest BCUT2D eigenvalue weighted by Crippen LogP contribution is -2.27. The Hall–Kier alpha value is -2.99. The second-order valence-electron chi connectivity index (χ2n) is 5.29. The number of anilines is 1. The number of hydrogen-bond acceptors (Lipinski definition) is 4. The minimum Gasteiger partial charge on any atom is -0.467 e. The average Bonchev–Trinajstić information content (AvgIpc) is 3.14. The molecule has 1 aromatic carbocycles. The molecule has 2 N–H and O–H groups in total. The molecule has 6 heteroatoms. The normalized spacial score (nSPS) is 10.8. The van der Waals surface area contributed by atoms with Crippen molar-refractivity contribution >= 4 is 44.8 Å². The first-order valence-corrected chi connectivity index (χ1v) is 7.92. The molecule has 24 heavy (non-hydrogen) atoms. The van der Waals surface area contributed by atoms with Gasteiger partial charge in [-0.15, -0.1) is 0 Å². The van der Waals surface area contributed by atoms with Crippen LogP contribution in [0.5, 0.6) is 0 Å². The molecule has 0 aliphatic rings. The second kappa shape index (κ2) is 6.25. The van der Waals surface area contributed by atoms with Crippen molar-refractivity contribution in [3.63, 3.8) is 0 Å². The molecule has 118 valence electrons. The fraction of sp³-hybridized carbons (Fsp3) is 0.0556. The van der Waals surface area contributed by atoms with E-state index in [-0.39, 0.29) is 0 Å². The van der Waals surface area contributed by atoms with Gasteiger partial charge in [-0.3, -0.25) is 9.97 Å². The number of nitrogens with zero attached hydrogens (tertiary/aromatic N) is 2. The molecule has 0 saturated carbocycles. The summed E-state index contributed by atoms with van der Waals surface area (Å²) < 4.78 is 5.29. The van der Waals surface area contributed by atoms with Crippen LogP contribution in [0, 0.1) is 0 Å². The molecule has 0 saturated heterocycles. The van der Waals surface area contributed by atoms with Gasteiger partial charge in [0.2, 0.25) is 0 Å². The monoisotopic (exact) mass is 334 g/mol. The minimum atomic E-state index is 0.528. The van der Waals surface area contributed by atoms with Crippen molar-refractivity contribution in [1.29, 1.82) is 0 Å². The predicted octanol–water partition coefficient (Wildman–Crippen LogP) is 3.86. The Balaban J connectivity index is 1.66. The lowest BCUT2D eigenvalue weighted by molar-refractivity contribution is 0.503. The highest BCUT2D eigenvalue weighted by Crippen LogP contribution is 2.29. The molecule has 0 radical (unpaired) electrons. The van der Waals surface area contributed by atoms with Crippen LogP contribution >= 0.6 is 12.2 Å². The van der Waals surface area contributed by atoms with Crippen LogP contribution < -0.4 is 10.6 Å². The minimum absolute atomic E-state index is 0.528. The lowest BCUT2D eigenvalue weighted by Gasteiger charge is -2.13. The highest BCUT2D eigenvalue weighted by Gasteiger charge is 2.09. The van der Waals surface area contributed by atoms with E-state index in [9.17, 15) is 0 Å². The molecule has 3 heterocycles. The maximum Gasteiger partial charge on any atom is 0.171 e. The van der Waals surface area contributed by atoms with Gasteiger partial charge in [0.15, 0.2) is 5.11 Å². The Morgan fingerprint density at radius 1 is 1.04 bits per heavy atom. The molecule has 4 aromatic rings. The molecular formula is C18H14N4OS. The van der Waals surface area contributed by atoms with E-state index in [0.29, 0.717) is 11.7 Å². The third kappa shape index (κ3) is 2.79. The number of rotatable bonds is 3. The molecule has 0 aliphatic heterocycles. The first-order chi connectivity index (χ1) is 11.8. The fourth-order valence-corrected chi connectivity index (χ4v) is 2.81. The molecule has 5 nitrogen and oxygen atoms in total. The van der Waals surface area contributed by atoms with Crippen molar-refractivity contribution in [2.75, 3.05) is 5.32 Å². The van der Waals surface area contributed by atoms with E-state index in [1.165, 1.54) is 0 Å². The third-order valence-electron chi connectivity index (χ3n) is 3.71. The van der Waals surface area contributed by atoms with Gasteiger partial charge in [0.1, 0.15) is 5.76 Å². The summed E-state index contributed by atoms with van der Waals surface area (Å²) in [6.07, 6.45) is 5.19. The summed E-state index contributed by atoms with van der Waals surface area (Å²) in [6.45, 7) is 0.532. The fourth-order valence-electron chi connectivity index (χ4n) is 2.63. The van der Waals surface area contributed by atoms with Gasteiger partial charge in [0.25, 0.3) is 0 Å². The molecule has 0 spiro atoms. The number of aromatic nitrogens is 2. The molecule has 4 rings (SSSR count). The van der Waals surface area contributed by atoms with E-state index in [1.54, 1.807) is 18.7 Å². The lowest BCUT2D eigenvalue weighted by atomic mass is 10.1. The van der Waals surface area contributed by atoms with E-state index in [1.807, 2.05) is 42.5 Å². The van der Waals surface area contributed by atoms with E-state index >= 15 is 0 Å². The van der Waals surface area contributed by atoms with Gasteiger partial charge in [0, 0.05) is 23.2 Å². The summed E-state index contributed by atoms with van der Waals surface area (Å²) >= 11 is 5.39. The van der Waals surface area contributed by atoms with Crippen molar-refractivity contribution in [3.05, 3.63) is 66.9 Å². The van der Waals surface area contributed by atoms with Crippen molar-refractivity contribution in [2.24, 2.45) is 0 Å². The van der Waals surface area contributed by atoms with E-state index in [0.717, 1.165) is 33.3 Å². The second-order valence-corrected chi connectivity index (χ2v) is 5.69. The zero-order valence-electron chi connectivity index (χ0n) is 12.7. The Kier molecular flexibility index (Phi) is 3.80. The quantitative estimate of drug-likeness (QED) is 0.438. The highest BCUT2D eigenvalue weighted by atomic mass is 32.1. The van der Waals surface area contributed by atoms with Crippen molar-refractivity contribution in [1.82, 2.24) is 15.3 Å². The van der Waals surface area contributed by atoms with Gasteiger partial charge in [0.05, 0.1) is 29.5 Å². The van der Waals surface area contributed by atoms with Crippen LogP contribution in [0.15, 0.2) is 65.5 Å². The molecular weight excluding hydrogens is 320 g/mol. The van der Waals surface area contributed by atoms with Gasteiger partial charge >= 0.3 is 0 Å². The zero-order valence-corrected chi connectivity index (χ0v) is 13.5. The molecule has 0 amide bonds. The van der Waals surface area contributed by atoms with Gasteiger partial charge in [-0.2, -0.15) is 0 Å². The Morgan fingerprint density at radius 2 is 1.88 bits per heavy atom. The molecule has 0 atom stereocenters. The SMILES string of the molecule is S=C(NCc1ccco1)Nc1cc2cccnc2c2ncccc12. The van der Waals surface area contributed by atoms with E-state index < -0.39 is 0 Å². The smallest absolute Gasteiger partial charge is 0.171 e. The van der Waals surface area contributed by atoms with Gasteiger partial charge in [-0.05, 0) is 48.6 Å². The predicted molar refractivity (Wildman–Crippen MR) is 98.8 cm³/mol. The number of hydrogen-bond donors (Lipinski definition) is 2. The van der Waals surface area contributed by atoms with Crippen LogP contribution in [0.4, 0.5) is 5.69 Å². The van der Waals surface area contributed by atoms with E-state index in [4.69, 9.17) is 16.6 Å². The number of benzene rings is 1. The molecule has 3 aromatic heterocycles. The van der Waals surface area contributed by atoms with Crippen molar-refractivity contribution in [2.45, 2.75) is 6.54 Å². The van der Waals surface area contributed by atoms with Crippen LogP contribution in [0.25, 0.3) is 21.8 Å². The van der Waals surface area contributed by atoms with Gasteiger partial charge in [-0.1, -0.05) is 6.07 Å². The number of fused-ring (bicyclic) bond motifs is 3. The van der Waals surface area contributed by atoms with Crippen LogP contribution in [0.1, 0.15) is 5.76 Å². The van der Waals surface area contributed by atoms with Crippen LogP contribution in [0.2, 0.25) is 0 Å². The van der Waals surface area contributed by atoms with E-state index in [2.05, 4.69) is 20.6 Å². The van der Waals surface area contributed by atoms with Crippen LogP contribution in [0.3, 0.4) is 0 Å². The summed E-state index contributed by atoms with van der Waals surface area (Å²) in [5, 5.41) is 8.91. The Bertz CT molecular complexity index is 1010. The number of thiocarbonyl (C=S) groups is 1. The molecule has 0 bridgehead atoms. The summed E-state index contributed by atoms with van der Waals surface area (Å²) in [6, 6.07) is 13.6. The maximum absolute atomic E-state index is 5.39. The van der Waals surface area contributed by atoms with Crippen molar-refractivity contribution in [3.8, 4) is 0 Å². The first kappa shape index (κ1) is 14.6. The van der Waals surface area contributed by atoms with Gasteiger partial charge < -0.3 is 15.1 Å². The molecule has 0 aliphatic carbocycles. The third-order valence-corrected chi connectivity index (χ3v) is 3.96. The van der Waals surface area contributed by atoms with Crippen LogP contribution in [-0.2, 0) is 6.54 Å². The molecule has 0 unspecified atom stereocenters. The first-order valence-electron chi connectivity index (χ1n) is 7.51. The Morgan fingerprint density at radius 3 is 2.71 bits per heavy atom. The number of nitrogens with one attached hydrogen (secondary N) is 2. The Labute approximate surface area is 143 Å². The standard InChI is InChI=1S/C18H14N4OS/c24-18(21-11-13-5-3-9-23-13)22-15-10-12-4-1-7-19-16(12)17-14(15)6-2-8-20-17/h1-10H,11H2,(H2,21,22,24).